The second-order valence-electron chi connectivity index (χ2n) is 3.37. The van der Waals surface area contributed by atoms with Gasteiger partial charge in [-0.15, -0.1) is 35.0 Å². The number of hydrazone groups is 1. The average Bonchev–Trinajstić information content (AvgIpc) is 2.61. The van der Waals surface area contributed by atoms with Crippen LogP contribution in [0.2, 0.25) is 0 Å². The summed E-state index contributed by atoms with van der Waals surface area (Å²) in [4.78, 5) is 0. The number of nitrogens with one attached hydrogen (secondary N) is 1. The van der Waals surface area contributed by atoms with Crippen molar-refractivity contribution in [2.75, 3.05) is 11.3 Å². The normalized spacial score (nSPS) is 9.79. The van der Waals surface area contributed by atoms with E-state index in [9.17, 15) is 0 Å². The van der Waals surface area contributed by atoms with Crippen molar-refractivity contribution in [3.8, 4) is 0 Å². The van der Waals surface area contributed by atoms with Crippen LogP contribution < -0.4 is 11.3 Å². The van der Waals surface area contributed by atoms with Gasteiger partial charge in [-0.25, -0.2) is 10.1 Å². The van der Waals surface area contributed by atoms with Crippen LogP contribution >= 0.6 is 40.7 Å². The fraction of sp³-hybridized carbons (Fsp3) is 0.100. The minimum atomic E-state index is 0. The van der Waals surface area contributed by atoms with Crippen LogP contribution in [0.3, 0.4) is 0 Å². The third-order valence-corrected chi connectivity index (χ3v) is 2.59. The van der Waals surface area contributed by atoms with Crippen molar-refractivity contribution >= 4 is 52.9 Å². The van der Waals surface area contributed by atoms with Gasteiger partial charge < -0.3 is 5.84 Å². The highest BCUT2D eigenvalue weighted by molar-refractivity contribution is 9.10. The Morgan fingerprint density at radius 3 is 2.68 bits per heavy atom. The number of hydrogen-bond acceptors (Lipinski definition) is 5. The molecule has 0 radical (unpaired) electrons. The van der Waals surface area contributed by atoms with Crippen LogP contribution in [0.5, 0.6) is 0 Å². The van der Waals surface area contributed by atoms with Crippen molar-refractivity contribution in [3.63, 3.8) is 0 Å². The average molecular weight is 368 g/mol. The molecule has 0 aliphatic heterocycles. The van der Waals surface area contributed by atoms with E-state index in [-0.39, 0.29) is 24.8 Å². The molecule has 0 aliphatic rings. The number of nitrogen functional groups attached to an aromatic ring is 1. The zero-order valence-electron chi connectivity index (χ0n) is 9.95. The first-order valence-electron chi connectivity index (χ1n) is 4.88. The molecule has 0 spiro atoms. The highest BCUT2D eigenvalue weighted by atomic mass is 79.9. The lowest BCUT2D eigenvalue weighted by atomic mass is 10.2. The molecule has 0 bridgehead atoms. The van der Waals surface area contributed by atoms with E-state index in [1.54, 1.807) is 13.1 Å². The molecule has 0 saturated carbocycles. The Labute approximate surface area is 131 Å². The van der Waals surface area contributed by atoms with Crippen LogP contribution in [0.4, 0.5) is 5.95 Å². The number of aryl methyl sites for hydroxylation is 1. The smallest absolute Gasteiger partial charge is 0.263 e. The number of rotatable bonds is 3. The first kappa shape index (κ1) is 17.7. The molecule has 0 aliphatic carbocycles. The third-order valence-electron chi connectivity index (χ3n) is 2.09. The Kier molecular flexibility index (Phi) is 7.43. The van der Waals surface area contributed by atoms with Crippen molar-refractivity contribution < 1.29 is 0 Å². The van der Waals surface area contributed by atoms with Gasteiger partial charge in [-0.3, -0.25) is 0 Å². The zero-order valence-corrected chi connectivity index (χ0v) is 13.2. The Morgan fingerprint density at radius 2 is 2.11 bits per heavy atom. The van der Waals surface area contributed by atoms with Gasteiger partial charge in [0.1, 0.15) is 0 Å². The molecule has 19 heavy (non-hydrogen) atoms. The van der Waals surface area contributed by atoms with Gasteiger partial charge >= 0.3 is 0 Å². The molecule has 2 aromatic rings. The standard InChI is InChI=1S/C10H11BrN6.2ClH/c1-7-14-16-10(17(7)12)15-13-6-8-3-2-4-9(11)5-8;;/h2-6H,12H2,1H3,(H,15,16);2*1H/b13-6+;;. The van der Waals surface area contributed by atoms with Crippen LogP contribution in [0.25, 0.3) is 0 Å². The molecule has 6 nitrogen and oxygen atoms in total. The predicted molar refractivity (Wildman–Crippen MR) is 84.8 cm³/mol. The maximum absolute atomic E-state index is 5.65. The first-order valence-corrected chi connectivity index (χ1v) is 5.68. The molecule has 104 valence electrons. The van der Waals surface area contributed by atoms with Gasteiger partial charge in [-0.2, -0.15) is 5.10 Å². The number of hydrogen-bond donors (Lipinski definition) is 2. The van der Waals surface area contributed by atoms with Crippen LogP contribution in [-0.4, -0.2) is 21.1 Å². The van der Waals surface area contributed by atoms with Gasteiger partial charge in [-0.1, -0.05) is 28.1 Å². The van der Waals surface area contributed by atoms with Crippen molar-refractivity contribution in [3.05, 3.63) is 40.1 Å². The first-order chi connectivity index (χ1) is 8.16. The van der Waals surface area contributed by atoms with Crippen molar-refractivity contribution in [2.45, 2.75) is 6.92 Å². The van der Waals surface area contributed by atoms with E-state index in [2.05, 4.69) is 36.7 Å². The van der Waals surface area contributed by atoms with E-state index < -0.39 is 0 Å². The molecule has 2 rings (SSSR count). The number of nitrogens with zero attached hydrogens (tertiary/aromatic N) is 4. The number of aromatic nitrogens is 3. The Morgan fingerprint density at radius 1 is 1.37 bits per heavy atom. The lowest BCUT2D eigenvalue weighted by molar-refractivity contribution is 0.926. The summed E-state index contributed by atoms with van der Waals surface area (Å²) >= 11 is 3.39. The fourth-order valence-electron chi connectivity index (χ4n) is 1.20. The Hall–Kier alpha value is -1.31. The molecule has 0 fully saturated rings. The third kappa shape index (κ3) is 4.70. The van der Waals surface area contributed by atoms with Crippen molar-refractivity contribution in [1.29, 1.82) is 0 Å². The highest BCUT2D eigenvalue weighted by Gasteiger charge is 2.02. The molecule has 1 aromatic carbocycles. The lowest BCUT2D eigenvalue weighted by Gasteiger charge is -1.99. The van der Waals surface area contributed by atoms with E-state index in [4.69, 9.17) is 5.84 Å². The number of halogens is 3. The molecular formula is C10H13BrCl2N6. The van der Waals surface area contributed by atoms with Gasteiger partial charge in [-0.05, 0) is 24.6 Å². The van der Waals surface area contributed by atoms with E-state index in [1.807, 2.05) is 24.3 Å². The summed E-state index contributed by atoms with van der Waals surface area (Å²) < 4.78 is 2.33. The number of benzene rings is 1. The Balaban J connectivity index is 0.00000162. The van der Waals surface area contributed by atoms with Gasteiger partial charge in [0, 0.05) is 4.47 Å². The molecule has 1 heterocycles. The molecular weight excluding hydrogens is 355 g/mol. The van der Waals surface area contributed by atoms with Crippen LogP contribution in [0.1, 0.15) is 11.4 Å². The minimum Gasteiger partial charge on any atom is -0.335 e. The van der Waals surface area contributed by atoms with E-state index in [0.29, 0.717) is 11.8 Å². The summed E-state index contributed by atoms with van der Waals surface area (Å²) in [6, 6.07) is 7.77. The van der Waals surface area contributed by atoms with Crippen LogP contribution in [0, 0.1) is 6.92 Å². The molecule has 3 N–H and O–H groups in total. The van der Waals surface area contributed by atoms with E-state index in [0.717, 1.165) is 10.0 Å². The van der Waals surface area contributed by atoms with Gasteiger partial charge in [0.05, 0.1) is 6.21 Å². The maximum Gasteiger partial charge on any atom is 0.263 e. The second-order valence-corrected chi connectivity index (χ2v) is 4.28. The highest BCUT2D eigenvalue weighted by Crippen LogP contribution is 2.10. The quantitative estimate of drug-likeness (QED) is 0.495. The summed E-state index contributed by atoms with van der Waals surface area (Å²) in [5.41, 5.74) is 3.68. The van der Waals surface area contributed by atoms with E-state index in [1.165, 1.54) is 4.68 Å². The van der Waals surface area contributed by atoms with Gasteiger partial charge in [0.15, 0.2) is 5.82 Å². The summed E-state index contributed by atoms with van der Waals surface area (Å²) in [7, 11) is 0. The van der Waals surface area contributed by atoms with Crippen LogP contribution in [0.15, 0.2) is 33.8 Å². The summed E-state index contributed by atoms with van der Waals surface area (Å²) in [5, 5.41) is 11.6. The number of anilines is 1. The molecule has 0 atom stereocenters. The van der Waals surface area contributed by atoms with Gasteiger partial charge in [0.2, 0.25) is 0 Å². The summed E-state index contributed by atoms with van der Waals surface area (Å²) in [5.74, 6) is 6.67. The predicted octanol–water partition coefficient (Wildman–Crippen LogP) is 2.35. The van der Waals surface area contributed by atoms with Crippen LogP contribution in [-0.2, 0) is 0 Å². The molecule has 0 saturated heterocycles. The fourth-order valence-corrected chi connectivity index (χ4v) is 1.61. The molecule has 0 unspecified atom stereocenters. The largest absolute Gasteiger partial charge is 0.335 e. The maximum atomic E-state index is 5.65. The van der Waals surface area contributed by atoms with Gasteiger partial charge in [0.25, 0.3) is 5.95 Å². The van der Waals surface area contributed by atoms with Crippen molar-refractivity contribution in [1.82, 2.24) is 14.9 Å². The summed E-state index contributed by atoms with van der Waals surface area (Å²) in [6.07, 6.45) is 1.68. The Bertz CT molecular complexity index is 557. The molecule has 1 aromatic heterocycles. The summed E-state index contributed by atoms with van der Waals surface area (Å²) in [6.45, 7) is 1.76. The van der Waals surface area contributed by atoms with E-state index >= 15 is 0 Å². The lowest BCUT2D eigenvalue weighted by Crippen LogP contribution is -2.13. The zero-order chi connectivity index (χ0) is 12.3. The monoisotopic (exact) mass is 366 g/mol. The second kappa shape index (κ2) is 7.98. The minimum absolute atomic E-state index is 0. The number of nitrogens with two attached hydrogens (primary N) is 1. The molecule has 0 amide bonds. The van der Waals surface area contributed by atoms with Crippen molar-refractivity contribution in [2.24, 2.45) is 5.10 Å². The molecule has 9 heteroatoms. The SMILES string of the molecule is Cc1nnc(N/N=C/c2cccc(Br)c2)n1N.Cl.Cl. The topological polar surface area (TPSA) is 81.1 Å².